The molecule has 0 aliphatic heterocycles. The van der Waals surface area contributed by atoms with E-state index in [1.165, 1.54) is 0 Å². The molecule has 1 aromatic carbocycles. The number of pyridine rings is 1. The molecule has 2 rings (SSSR count). The highest BCUT2D eigenvalue weighted by Gasteiger charge is 2.16. The molecule has 1 aromatic heterocycles. The zero-order valence-electron chi connectivity index (χ0n) is 11.0. The molecule has 0 bridgehead atoms. The lowest BCUT2D eigenvalue weighted by Crippen LogP contribution is -1.98. The van der Waals surface area contributed by atoms with Crippen LogP contribution >= 0.6 is 15.9 Å². The molecule has 0 saturated carbocycles. The minimum atomic E-state index is 0.473. The largest absolute Gasteiger partial charge is 0.495 e. The van der Waals surface area contributed by atoms with Crippen LogP contribution in [-0.4, -0.2) is 19.2 Å². The Bertz CT molecular complexity index is 615. The van der Waals surface area contributed by atoms with E-state index in [9.17, 15) is 0 Å². The molecule has 19 heavy (non-hydrogen) atoms. The maximum Gasteiger partial charge on any atom is 0.144 e. The van der Waals surface area contributed by atoms with E-state index in [0.29, 0.717) is 17.3 Å². The van der Waals surface area contributed by atoms with Crippen molar-refractivity contribution in [1.29, 1.82) is 0 Å². The minimum Gasteiger partial charge on any atom is -0.495 e. The van der Waals surface area contributed by atoms with Crippen molar-refractivity contribution in [2.24, 2.45) is 0 Å². The minimum absolute atomic E-state index is 0.473. The second kappa shape index (κ2) is 5.48. The summed E-state index contributed by atoms with van der Waals surface area (Å²) in [6.07, 6.45) is 1.74. The second-order valence-electron chi connectivity index (χ2n) is 4.11. The Hall–Kier alpha value is -1.75. The predicted octanol–water partition coefficient (Wildman–Crippen LogP) is 3.42. The van der Waals surface area contributed by atoms with Gasteiger partial charge in [-0.1, -0.05) is 0 Å². The predicted molar refractivity (Wildman–Crippen MR) is 79.6 cm³/mol. The normalized spacial score (nSPS) is 10.3. The summed E-state index contributed by atoms with van der Waals surface area (Å²) in [5.74, 6) is 1.86. The van der Waals surface area contributed by atoms with Gasteiger partial charge in [0.2, 0.25) is 0 Å². The van der Waals surface area contributed by atoms with Crippen molar-refractivity contribution in [2.75, 3.05) is 20.0 Å². The number of aromatic nitrogens is 1. The number of anilines is 1. The highest BCUT2D eigenvalue weighted by Crippen LogP contribution is 2.43. The van der Waals surface area contributed by atoms with Crippen molar-refractivity contribution in [3.05, 3.63) is 34.4 Å². The van der Waals surface area contributed by atoms with Gasteiger partial charge in [0.15, 0.2) is 0 Å². The molecule has 0 amide bonds. The number of hydrogen-bond donors (Lipinski definition) is 1. The van der Waals surface area contributed by atoms with Crippen LogP contribution in [0.15, 0.2) is 28.9 Å². The van der Waals surface area contributed by atoms with E-state index >= 15 is 0 Å². The average Bonchev–Trinajstić information content (AvgIpc) is 2.41. The zero-order valence-corrected chi connectivity index (χ0v) is 12.6. The molecule has 0 spiro atoms. The molecule has 0 radical (unpaired) electrons. The van der Waals surface area contributed by atoms with Gasteiger partial charge >= 0.3 is 0 Å². The van der Waals surface area contributed by atoms with Crippen LogP contribution in [0, 0.1) is 6.92 Å². The lowest BCUT2D eigenvalue weighted by Gasteiger charge is -2.14. The van der Waals surface area contributed by atoms with Gasteiger partial charge in [0.1, 0.15) is 21.8 Å². The Labute approximate surface area is 120 Å². The third kappa shape index (κ3) is 2.51. The zero-order chi connectivity index (χ0) is 14.0. The van der Waals surface area contributed by atoms with Crippen LogP contribution in [0.2, 0.25) is 0 Å². The topological polar surface area (TPSA) is 57.4 Å². The summed E-state index contributed by atoms with van der Waals surface area (Å²) in [4.78, 5) is 4.18. The van der Waals surface area contributed by atoms with Gasteiger partial charge in [-0.2, -0.15) is 0 Å². The molecular weight excluding hydrogens is 308 g/mol. The Morgan fingerprint density at radius 3 is 2.53 bits per heavy atom. The number of methoxy groups -OCH3 is 2. The number of ether oxygens (including phenoxy) is 2. The van der Waals surface area contributed by atoms with Crippen molar-refractivity contribution in [2.45, 2.75) is 6.92 Å². The molecule has 0 unspecified atom stereocenters. The highest BCUT2D eigenvalue weighted by molar-refractivity contribution is 9.10. The first-order valence-corrected chi connectivity index (χ1v) is 6.50. The van der Waals surface area contributed by atoms with E-state index in [0.717, 1.165) is 21.2 Å². The van der Waals surface area contributed by atoms with Gasteiger partial charge in [-0.15, -0.1) is 0 Å². The van der Waals surface area contributed by atoms with Crippen LogP contribution in [0.4, 0.5) is 5.82 Å². The van der Waals surface area contributed by atoms with Crippen LogP contribution in [0.3, 0.4) is 0 Å². The molecule has 0 aliphatic rings. The summed E-state index contributed by atoms with van der Waals surface area (Å²) in [7, 11) is 3.23. The van der Waals surface area contributed by atoms with E-state index in [1.807, 2.05) is 25.1 Å². The summed E-state index contributed by atoms with van der Waals surface area (Å²) >= 11 is 3.48. The number of nitrogens with two attached hydrogens (primary N) is 1. The van der Waals surface area contributed by atoms with Gasteiger partial charge in [-0.3, -0.25) is 0 Å². The molecule has 4 nitrogen and oxygen atoms in total. The quantitative estimate of drug-likeness (QED) is 0.940. The highest BCUT2D eigenvalue weighted by atomic mass is 79.9. The molecule has 1 heterocycles. The third-order valence-electron chi connectivity index (χ3n) is 2.83. The smallest absolute Gasteiger partial charge is 0.144 e. The molecule has 100 valence electrons. The number of benzene rings is 1. The van der Waals surface area contributed by atoms with Crippen LogP contribution in [0.5, 0.6) is 11.5 Å². The Kier molecular flexibility index (Phi) is 3.95. The number of aryl methyl sites for hydroxylation is 1. The third-order valence-corrected chi connectivity index (χ3v) is 3.58. The van der Waals surface area contributed by atoms with Gasteiger partial charge in [0, 0.05) is 17.3 Å². The molecule has 0 aliphatic carbocycles. The standard InChI is InChI=1S/C14H15BrN2O2/c1-8-6-10(14(16)17-7-8)9-4-5-11(18-2)12(15)13(9)19-3/h4-7H,1-3H3,(H2,16,17). The fraction of sp³-hybridized carbons (Fsp3) is 0.214. The van der Waals surface area contributed by atoms with Crippen molar-refractivity contribution in [3.8, 4) is 22.6 Å². The van der Waals surface area contributed by atoms with Crippen LogP contribution in [0.25, 0.3) is 11.1 Å². The Balaban J connectivity index is 2.68. The van der Waals surface area contributed by atoms with E-state index < -0.39 is 0 Å². The van der Waals surface area contributed by atoms with Crippen molar-refractivity contribution < 1.29 is 9.47 Å². The van der Waals surface area contributed by atoms with Crippen molar-refractivity contribution in [3.63, 3.8) is 0 Å². The molecule has 2 aromatic rings. The van der Waals surface area contributed by atoms with Crippen molar-refractivity contribution in [1.82, 2.24) is 4.98 Å². The second-order valence-corrected chi connectivity index (χ2v) is 4.90. The van der Waals surface area contributed by atoms with E-state index in [-0.39, 0.29) is 0 Å². The van der Waals surface area contributed by atoms with Crippen LogP contribution in [-0.2, 0) is 0 Å². The lowest BCUT2D eigenvalue weighted by molar-refractivity contribution is 0.390. The van der Waals surface area contributed by atoms with Gasteiger partial charge < -0.3 is 15.2 Å². The van der Waals surface area contributed by atoms with Gasteiger partial charge in [0.25, 0.3) is 0 Å². The SMILES string of the molecule is COc1ccc(-c2cc(C)cnc2N)c(OC)c1Br. The summed E-state index contributed by atoms with van der Waals surface area (Å²) in [6.45, 7) is 1.97. The van der Waals surface area contributed by atoms with E-state index in [1.54, 1.807) is 20.4 Å². The fourth-order valence-corrected chi connectivity index (χ4v) is 2.57. The first-order valence-electron chi connectivity index (χ1n) is 5.71. The van der Waals surface area contributed by atoms with Crippen LogP contribution in [0.1, 0.15) is 5.56 Å². The maximum atomic E-state index is 5.95. The summed E-state index contributed by atoms with van der Waals surface area (Å²) in [5, 5.41) is 0. The molecule has 2 N–H and O–H groups in total. The number of hydrogen-bond acceptors (Lipinski definition) is 4. The molecule has 5 heteroatoms. The monoisotopic (exact) mass is 322 g/mol. The average molecular weight is 323 g/mol. The van der Waals surface area contributed by atoms with Gasteiger partial charge in [0.05, 0.1) is 14.2 Å². The maximum absolute atomic E-state index is 5.95. The van der Waals surface area contributed by atoms with Gasteiger partial charge in [-0.25, -0.2) is 4.98 Å². The van der Waals surface area contributed by atoms with Crippen molar-refractivity contribution >= 4 is 21.7 Å². The van der Waals surface area contributed by atoms with Gasteiger partial charge in [-0.05, 0) is 46.6 Å². The summed E-state index contributed by atoms with van der Waals surface area (Å²) in [5.41, 5.74) is 8.72. The summed E-state index contributed by atoms with van der Waals surface area (Å²) in [6, 6.07) is 5.76. The Morgan fingerprint density at radius 1 is 1.16 bits per heavy atom. The number of halogens is 1. The Morgan fingerprint density at radius 2 is 1.89 bits per heavy atom. The van der Waals surface area contributed by atoms with Crippen LogP contribution < -0.4 is 15.2 Å². The first kappa shape index (κ1) is 13.7. The molecule has 0 atom stereocenters. The number of nitrogen functional groups attached to an aromatic ring is 1. The summed E-state index contributed by atoms with van der Waals surface area (Å²) < 4.78 is 11.5. The number of nitrogens with zero attached hydrogens (tertiary/aromatic N) is 1. The molecule has 0 saturated heterocycles. The van der Waals surface area contributed by atoms with E-state index in [4.69, 9.17) is 15.2 Å². The molecule has 0 fully saturated rings. The number of rotatable bonds is 3. The first-order chi connectivity index (χ1) is 9.08. The lowest BCUT2D eigenvalue weighted by atomic mass is 10.0. The van der Waals surface area contributed by atoms with E-state index in [2.05, 4.69) is 20.9 Å². The fourth-order valence-electron chi connectivity index (χ4n) is 1.90. The molecular formula is C14H15BrN2O2.